The molecule has 0 unspecified atom stereocenters. The number of carbonyl (C=O) groups is 2. The van der Waals surface area contributed by atoms with Crippen LogP contribution in [0.3, 0.4) is 0 Å². The molecule has 2 amide bonds. The van der Waals surface area contributed by atoms with Crippen molar-refractivity contribution in [1.82, 2.24) is 9.88 Å². The number of carbonyl (C=O) groups excluding carboxylic acids is 2. The Balaban J connectivity index is 1.59. The van der Waals surface area contributed by atoms with E-state index in [-0.39, 0.29) is 23.3 Å². The molecule has 0 bridgehead atoms. The molecule has 0 atom stereocenters. The summed E-state index contributed by atoms with van der Waals surface area (Å²) in [6, 6.07) is 8.02. The van der Waals surface area contributed by atoms with Gasteiger partial charge in [0.05, 0.1) is 5.56 Å². The highest BCUT2D eigenvalue weighted by molar-refractivity contribution is 5.98. The van der Waals surface area contributed by atoms with E-state index in [2.05, 4.69) is 10.3 Å². The van der Waals surface area contributed by atoms with Crippen molar-refractivity contribution in [2.75, 3.05) is 37.4 Å². The standard InChI is InChI=1S/C21H25FN4O2/c1-14-12-16(6-9-23-14)24-21(28)26-10-7-15(8-11-26)20(27)18-5-4-17(25(2)3)13-19(18)22/h4-6,9,12-13,15H,7-8,10-11H2,1-3H3,(H,23,24,28). The number of Topliss-reactive ketones (excluding diaryl/α,β-unsaturated/α-hetero) is 1. The molecule has 0 saturated carbocycles. The van der Waals surface area contributed by atoms with Gasteiger partial charge in [0.1, 0.15) is 5.82 Å². The molecule has 7 heteroatoms. The van der Waals surface area contributed by atoms with Crippen molar-refractivity contribution in [1.29, 1.82) is 0 Å². The Morgan fingerprint density at radius 1 is 1.18 bits per heavy atom. The van der Waals surface area contributed by atoms with Crippen LogP contribution in [-0.2, 0) is 0 Å². The average Bonchev–Trinajstić information content (AvgIpc) is 2.67. The van der Waals surface area contributed by atoms with Gasteiger partial charge < -0.3 is 15.1 Å². The Hall–Kier alpha value is -2.96. The van der Waals surface area contributed by atoms with Crippen LogP contribution < -0.4 is 10.2 Å². The number of nitrogens with zero attached hydrogens (tertiary/aromatic N) is 3. The first-order valence-electron chi connectivity index (χ1n) is 9.35. The van der Waals surface area contributed by atoms with E-state index in [4.69, 9.17) is 0 Å². The molecule has 3 rings (SSSR count). The predicted octanol–water partition coefficient (Wildman–Crippen LogP) is 3.72. The zero-order chi connectivity index (χ0) is 20.3. The number of aryl methyl sites for hydroxylation is 1. The fourth-order valence-corrected chi connectivity index (χ4v) is 3.37. The Bertz CT molecular complexity index is 876. The van der Waals surface area contributed by atoms with Gasteiger partial charge in [-0.05, 0) is 50.1 Å². The number of halogens is 1. The Morgan fingerprint density at radius 3 is 2.50 bits per heavy atom. The Labute approximate surface area is 164 Å². The number of urea groups is 1. The summed E-state index contributed by atoms with van der Waals surface area (Å²) in [5.74, 6) is -0.955. The van der Waals surface area contributed by atoms with Crippen LogP contribution in [0.2, 0.25) is 0 Å². The van der Waals surface area contributed by atoms with Crippen LogP contribution in [0.1, 0.15) is 28.9 Å². The van der Waals surface area contributed by atoms with Gasteiger partial charge in [0.2, 0.25) is 0 Å². The summed E-state index contributed by atoms with van der Waals surface area (Å²) in [7, 11) is 3.65. The molecule has 0 aliphatic carbocycles. The van der Waals surface area contributed by atoms with Crippen molar-refractivity contribution in [3.05, 3.63) is 53.6 Å². The van der Waals surface area contributed by atoms with Gasteiger partial charge in [0.25, 0.3) is 0 Å². The number of nitrogens with one attached hydrogen (secondary N) is 1. The van der Waals surface area contributed by atoms with Gasteiger partial charge in [-0.2, -0.15) is 0 Å². The maximum atomic E-state index is 14.4. The van der Waals surface area contributed by atoms with Crippen molar-refractivity contribution in [3.63, 3.8) is 0 Å². The molecular formula is C21H25FN4O2. The maximum absolute atomic E-state index is 14.4. The number of anilines is 2. The highest BCUT2D eigenvalue weighted by atomic mass is 19.1. The number of piperidine rings is 1. The van der Waals surface area contributed by atoms with Gasteiger partial charge >= 0.3 is 6.03 Å². The second-order valence-electron chi connectivity index (χ2n) is 7.30. The Kier molecular flexibility index (Phi) is 5.92. The lowest BCUT2D eigenvalue weighted by molar-refractivity contribution is 0.0855. The number of amides is 2. The average molecular weight is 384 g/mol. The summed E-state index contributed by atoms with van der Waals surface area (Å²) in [5.41, 5.74) is 2.36. The van der Waals surface area contributed by atoms with Crippen molar-refractivity contribution in [2.45, 2.75) is 19.8 Å². The van der Waals surface area contributed by atoms with Crippen LogP contribution in [-0.4, -0.2) is 48.9 Å². The van der Waals surface area contributed by atoms with Gasteiger partial charge in [-0.25, -0.2) is 9.18 Å². The second kappa shape index (κ2) is 8.37. The summed E-state index contributed by atoms with van der Waals surface area (Å²) in [4.78, 5) is 32.7. The first-order valence-corrected chi connectivity index (χ1v) is 9.35. The monoisotopic (exact) mass is 384 g/mol. The third-order valence-corrected chi connectivity index (χ3v) is 5.04. The quantitative estimate of drug-likeness (QED) is 0.816. The second-order valence-corrected chi connectivity index (χ2v) is 7.30. The summed E-state index contributed by atoms with van der Waals surface area (Å²) < 4.78 is 14.4. The number of benzene rings is 1. The van der Waals surface area contributed by atoms with Crippen LogP contribution in [0, 0.1) is 18.7 Å². The topological polar surface area (TPSA) is 65.5 Å². The number of likely N-dealkylation sites (tertiary alicyclic amines) is 1. The van der Waals surface area contributed by atoms with Crippen LogP contribution >= 0.6 is 0 Å². The summed E-state index contributed by atoms with van der Waals surface area (Å²) in [5, 5.41) is 2.85. The van der Waals surface area contributed by atoms with Crippen molar-refractivity contribution in [3.8, 4) is 0 Å². The number of ketones is 1. The molecule has 28 heavy (non-hydrogen) atoms. The highest BCUT2D eigenvalue weighted by Gasteiger charge is 2.29. The zero-order valence-corrected chi connectivity index (χ0v) is 16.4. The molecule has 1 aromatic carbocycles. The fraction of sp³-hybridized carbons (Fsp3) is 0.381. The number of aromatic nitrogens is 1. The first-order chi connectivity index (χ1) is 13.3. The summed E-state index contributed by atoms with van der Waals surface area (Å²) >= 11 is 0. The van der Waals surface area contributed by atoms with Crippen molar-refractivity contribution in [2.24, 2.45) is 5.92 Å². The lowest BCUT2D eigenvalue weighted by atomic mass is 9.88. The molecule has 0 radical (unpaired) electrons. The van der Waals surface area contributed by atoms with E-state index in [0.29, 0.717) is 37.3 Å². The zero-order valence-electron chi connectivity index (χ0n) is 16.4. The maximum Gasteiger partial charge on any atom is 0.321 e. The SMILES string of the molecule is Cc1cc(NC(=O)N2CCC(C(=O)c3ccc(N(C)C)cc3F)CC2)ccn1. The third kappa shape index (κ3) is 4.47. The Morgan fingerprint density at radius 2 is 1.89 bits per heavy atom. The van der Waals surface area contributed by atoms with E-state index in [1.165, 1.54) is 6.07 Å². The molecule has 6 nitrogen and oxygen atoms in total. The molecule has 1 N–H and O–H groups in total. The first kappa shape index (κ1) is 19.8. The molecule has 2 heterocycles. The summed E-state index contributed by atoms with van der Waals surface area (Å²) in [6.45, 7) is 2.78. The van der Waals surface area contributed by atoms with E-state index in [0.717, 1.165) is 5.69 Å². The van der Waals surface area contributed by atoms with Crippen LogP contribution in [0.15, 0.2) is 36.5 Å². The molecule has 1 saturated heterocycles. The smallest absolute Gasteiger partial charge is 0.321 e. The van der Waals surface area contributed by atoms with Gasteiger partial charge in [0, 0.05) is 56.4 Å². The van der Waals surface area contributed by atoms with Crippen molar-refractivity contribution >= 4 is 23.2 Å². The lowest BCUT2D eigenvalue weighted by Gasteiger charge is -2.31. The van der Waals surface area contributed by atoms with E-state index >= 15 is 0 Å². The predicted molar refractivity (Wildman–Crippen MR) is 107 cm³/mol. The number of rotatable bonds is 4. The molecule has 0 spiro atoms. The normalized spacial score (nSPS) is 14.6. The largest absolute Gasteiger partial charge is 0.378 e. The highest BCUT2D eigenvalue weighted by Crippen LogP contribution is 2.25. The minimum absolute atomic E-state index is 0.126. The van der Waals surface area contributed by atoms with Gasteiger partial charge in [-0.3, -0.25) is 9.78 Å². The van der Waals surface area contributed by atoms with E-state index in [1.807, 2.05) is 21.0 Å². The number of hydrogen-bond donors (Lipinski definition) is 1. The van der Waals surface area contributed by atoms with Gasteiger partial charge in [-0.1, -0.05) is 0 Å². The number of pyridine rings is 1. The summed E-state index contributed by atoms with van der Waals surface area (Å²) in [6.07, 6.45) is 2.69. The molecule has 2 aromatic rings. The van der Waals surface area contributed by atoms with Crippen molar-refractivity contribution < 1.29 is 14.0 Å². The number of hydrogen-bond acceptors (Lipinski definition) is 4. The van der Waals surface area contributed by atoms with E-state index < -0.39 is 5.82 Å². The lowest BCUT2D eigenvalue weighted by Crippen LogP contribution is -2.42. The van der Waals surface area contributed by atoms with Crippen LogP contribution in [0.25, 0.3) is 0 Å². The van der Waals surface area contributed by atoms with Gasteiger partial charge in [-0.15, -0.1) is 0 Å². The van der Waals surface area contributed by atoms with Gasteiger partial charge in [0.15, 0.2) is 5.78 Å². The molecule has 1 aromatic heterocycles. The third-order valence-electron chi connectivity index (χ3n) is 5.04. The molecule has 1 aliphatic heterocycles. The molecule has 1 aliphatic rings. The van der Waals surface area contributed by atoms with E-state index in [1.54, 1.807) is 40.3 Å². The minimum Gasteiger partial charge on any atom is -0.378 e. The van der Waals surface area contributed by atoms with E-state index in [9.17, 15) is 14.0 Å². The fourth-order valence-electron chi connectivity index (χ4n) is 3.37. The molecule has 148 valence electrons. The van der Waals surface area contributed by atoms with Crippen LogP contribution in [0.5, 0.6) is 0 Å². The molecule has 1 fully saturated rings. The molecular weight excluding hydrogens is 359 g/mol. The van der Waals surface area contributed by atoms with Crippen LogP contribution in [0.4, 0.5) is 20.6 Å². The minimum atomic E-state index is -0.496.